The Morgan fingerprint density at radius 2 is 2.00 bits per heavy atom. The summed E-state index contributed by atoms with van der Waals surface area (Å²) in [4.78, 5) is 0.310. The van der Waals surface area contributed by atoms with E-state index in [2.05, 4.69) is 5.32 Å². The van der Waals surface area contributed by atoms with Crippen LogP contribution >= 0.6 is 24.4 Å². The van der Waals surface area contributed by atoms with E-state index in [4.69, 9.17) is 33.6 Å². The van der Waals surface area contributed by atoms with Gasteiger partial charge in [0.1, 0.15) is 10.7 Å². The van der Waals surface area contributed by atoms with Crippen LogP contribution in [0.5, 0.6) is 11.5 Å². The first-order valence-electron chi connectivity index (χ1n) is 5.83. The van der Waals surface area contributed by atoms with Gasteiger partial charge in [0, 0.05) is 6.54 Å². The highest BCUT2D eigenvalue weighted by atomic mass is 32.1. The smallest absolute Gasteiger partial charge is 0.203 e. The minimum Gasteiger partial charge on any atom is -0.503 e. The fourth-order valence-electron chi connectivity index (χ4n) is 1.58. The van der Waals surface area contributed by atoms with E-state index < -0.39 is 0 Å². The molecule has 0 fully saturated rings. The van der Waals surface area contributed by atoms with Crippen LogP contribution in [0.2, 0.25) is 0 Å². The minimum absolute atomic E-state index is 0.116. The molecular weight excluding hydrogens is 294 g/mol. The molecule has 0 atom stereocenters. The number of benzene rings is 1. The SMILES string of the molecule is COc1ccc(CNC(=S)c2occc(=S)c2O)cc1. The topological polar surface area (TPSA) is 54.6 Å². The van der Waals surface area contributed by atoms with Crippen molar-refractivity contribution in [3.63, 3.8) is 0 Å². The number of nitrogens with one attached hydrogen (secondary N) is 1. The first-order valence-corrected chi connectivity index (χ1v) is 6.65. The summed E-state index contributed by atoms with van der Waals surface area (Å²) < 4.78 is 10.6. The maximum atomic E-state index is 9.79. The molecule has 0 aliphatic carbocycles. The molecule has 2 aromatic rings. The zero-order chi connectivity index (χ0) is 14.5. The van der Waals surface area contributed by atoms with Gasteiger partial charge in [-0.2, -0.15) is 0 Å². The average molecular weight is 307 g/mol. The molecule has 1 aromatic carbocycles. The fraction of sp³-hybridized carbons (Fsp3) is 0.143. The largest absolute Gasteiger partial charge is 0.503 e. The van der Waals surface area contributed by atoms with Gasteiger partial charge in [-0.05, 0) is 23.8 Å². The number of hydrogen-bond donors (Lipinski definition) is 2. The summed E-state index contributed by atoms with van der Waals surface area (Å²) in [5.74, 6) is 0.860. The monoisotopic (exact) mass is 307 g/mol. The average Bonchev–Trinajstić information content (AvgIpc) is 2.48. The van der Waals surface area contributed by atoms with E-state index in [-0.39, 0.29) is 11.5 Å². The van der Waals surface area contributed by atoms with E-state index in [0.29, 0.717) is 16.0 Å². The highest BCUT2D eigenvalue weighted by Gasteiger charge is 2.10. The van der Waals surface area contributed by atoms with Crippen LogP contribution in [-0.2, 0) is 6.54 Å². The number of ether oxygens (including phenoxy) is 1. The molecule has 0 radical (unpaired) electrons. The first-order chi connectivity index (χ1) is 9.61. The van der Waals surface area contributed by atoms with Gasteiger partial charge in [-0.15, -0.1) is 0 Å². The molecule has 0 aliphatic rings. The van der Waals surface area contributed by atoms with E-state index in [1.807, 2.05) is 24.3 Å². The zero-order valence-electron chi connectivity index (χ0n) is 10.8. The Morgan fingerprint density at radius 1 is 1.30 bits per heavy atom. The molecule has 0 saturated carbocycles. The van der Waals surface area contributed by atoms with Crippen LogP contribution in [0.3, 0.4) is 0 Å². The van der Waals surface area contributed by atoms with E-state index in [0.717, 1.165) is 11.3 Å². The lowest BCUT2D eigenvalue weighted by atomic mass is 10.2. The van der Waals surface area contributed by atoms with E-state index in [1.54, 1.807) is 7.11 Å². The summed E-state index contributed by atoms with van der Waals surface area (Å²) in [7, 11) is 1.62. The van der Waals surface area contributed by atoms with Crippen molar-refractivity contribution < 1.29 is 14.3 Å². The minimum atomic E-state index is -0.116. The Hall–Kier alpha value is -1.92. The predicted molar refractivity (Wildman–Crippen MR) is 82.7 cm³/mol. The van der Waals surface area contributed by atoms with Crippen molar-refractivity contribution in [2.45, 2.75) is 6.54 Å². The molecule has 104 valence electrons. The Bertz CT molecular complexity index is 665. The van der Waals surface area contributed by atoms with Crippen molar-refractivity contribution in [3.8, 4) is 11.5 Å². The maximum Gasteiger partial charge on any atom is 0.203 e. The summed E-state index contributed by atoms with van der Waals surface area (Å²) in [6.07, 6.45) is 1.40. The molecule has 0 spiro atoms. The normalized spacial score (nSPS) is 10.1. The number of thiocarbonyl (C=S) groups is 1. The van der Waals surface area contributed by atoms with Gasteiger partial charge in [-0.1, -0.05) is 36.6 Å². The van der Waals surface area contributed by atoms with Crippen molar-refractivity contribution in [2.75, 3.05) is 7.11 Å². The van der Waals surface area contributed by atoms with E-state index in [1.165, 1.54) is 12.3 Å². The second-order valence-corrected chi connectivity index (χ2v) is 4.84. The first kappa shape index (κ1) is 14.5. The summed E-state index contributed by atoms with van der Waals surface area (Å²) in [5, 5.41) is 12.8. The van der Waals surface area contributed by atoms with E-state index in [9.17, 15) is 5.11 Å². The fourth-order valence-corrected chi connectivity index (χ4v) is 1.94. The molecule has 2 rings (SSSR count). The number of rotatable bonds is 4. The lowest BCUT2D eigenvalue weighted by Gasteiger charge is -2.09. The zero-order valence-corrected chi connectivity index (χ0v) is 12.4. The molecular formula is C14H13NO3S2. The molecule has 0 amide bonds. The lowest BCUT2D eigenvalue weighted by molar-refractivity contribution is 0.414. The molecule has 1 heterocycles. The van der Waals surface area contributed by atoms with Crippen LogP contribution in [-0.4, -0.2) is 17.2 Å². The number of hydrogen-bond acceptors (Lipinski definition) is 5. The second kappa shape index (κ2) is 6.49. The molecule has 6 heteroatoms. The third kappa shape index (κ3) is 3.34. The van der Waals surface area contributed by atoms with Gasteiger partial charge >= 0.3 is 0 Å². The van der Waals surface area contributed by atoms with Gasteiger partial charge < -0.3 is 19.6 Å². The van der Waals surface area contributed by atoms with Crippen molar-refractivity contribution in [2.24, 2.45) is 0 Å². The highest BCUT2D eigenvalue weighted by Crippen LogP contribution is 2.19. The highest BCUT2D eigenvalue weighted by molar-refractivity contribution is 7.80. The number of methoxy groups -OCH3 is 1. The third-order valence-electron chi connectivity index (χ3n) is 2.67. The Kier molecular flexibility index (Phi) is 4.70. The Labute approximate surface area is 127 Å². The van der Waals surface area contributed by atoms with Crippen LogP contribution < -0.4 is 10.1 Å². The van der Waals surface area contributed by atoms with Gasteiger partial charge in [0.25, 0.3) is 0 Å². The van der Waals surface area contributed by atoms with Crippen LogP contribution in [0.4, 0.5) is 0 Å². The van der Waals surface area contributed by atoms with Crippen LogP contribution in [0, 0.1) is 4.51 Å². The lowest BCUT2D eigenvalue weighted by Crippen LogP contribution is -2.21. The molecule has 20 heavy (non-hydrogen) atoms. The van der Waals surface area contributed by atoms with Crippen molar-refractivity contribution in [1.29, 1.82) is 0 Å². The Balaban J connectivity index is 2.04. The van der Waals surface area contributed by atoms with Gasteiger partial charge in [0.2, 0.25) is 5.76 Å². The molecule has 0 bridgehead atoms. The van der Waals surface area contributed by atoms with Gasteiger partial charge in [0.15, 0.2) is 5.75 Å². The third-order valence-corrected chi connectivity index (χ3v) is 3.33. The van der Waals surface area contributed by atoms with Crippen molar-refractivity contribution >= 4 is 29.4 Å². The van der Waals surface area contributed by atoms with Crippen LogP contribution in [0.25, 0.3) is 0 Å². The molecule has 1 aromatic heterocycles. The van der Waals surface area contributed by atoms with Crippen molar-refractivity contribution in [3.05, 3.63) is 52.4 Å². The van der Waals surface area contributed by atoms with Gasteiger partial charge in [-0.3, -0.25) is 0 Å². The maximum absolute atomic E-state index is 9.79. The quantitative estimate of drug-likeness (QED) is 0.846. The second-order valence-electron chi connectivity index (χ2n) is 3.99. The van der Waals surface area contributed by atoms with Gasteiger partial charge in [0.05, 0.1) is 17.9 Å². The molecule has 4 nitrogen and oxygen atoms in total. The van der Waals surface area contributed by atoms with Crippen LogP contribution in [0.1, 0.15) is 11.3 Å². The molecule has 0 unspecified atom stereocenters. The standard InChI is InChI=1S/C14H13NO3S2/c1-17-10-4-2-9(3-5-10)8-15-14(20)13-12(16)11(19)6-7-18-13/h2-7,16H,8H2,1H3,(H,15,20). The van der Waals surface area contributed by atoms with Crippen molar-refractivity contribution in [1.82, 2.24) is 5.32 Å². The van der Waals surface area contributed by atoms with Gasteiger partial charge in [-0.25, -0.2) is 0 Å². The Morgan fingerprint density at radius 3 is 2.65 bits per heavy atom. The number of aromatic hydroxyl groups is 1. The summed E-state index contributed by atoms with van der Waals surface area (Å²) in [6.45, 7) is 0.513. The summed E-state index contributed by atoms with van der Waals surface area (Å²) in [5.41, 5.74) is 1.03. The molecule has 2 N–H and O–H groups in total. The van der Waals surface area contributed by atoms with E-state index >= 15 is 0 Å². The summed E-state index contributed by atoms with van der Waals surface area (Å²) in [6, 6.07) is 9.09. The molecule has 0 saturated heterocycles. The predicted octanol–water partition coefficient (Wildman–Crippen LogP) is 3.19. The summed E-state index contributed by atoms with van der Waals surface area (Å²) >= 11 is 10.1. The van der Waals surface area contributed by atoms with Crippen LogP contribution in [0.15, 0.2) is 41.0 Å². The molecule has 0 aliphatic heterocycles.